The van der Waals surface area contributed by atoms with Crippen LogP contribution in [0.2, 0.25) is 0 Å². The zero-order valence-corrected chi connectivity index (χ0v) is 14.4. The minimum Gasteiger partial charge on any atom is -0.379 e. The summed E-state index contributed by atoms with van der Waals surface area (Å²) in [7, 11) is 0. The quantitative estimate of drug-likeness (QED) is 0.437. The molecule has 0 atom stereocenters. The molecule has 0 saturated heterocycles. The third-order valence-corrected chi connectivity index (χ3v) is 3.68. The van der Waals surface area contributed by atoms with Crippen LogP contribution in [0.25, 0.3) is 0 Å². The van der Waals surface area contributed by atoms with Gasteiger partial charge in [0.15, 0.2) is 0 Å². The zero-order chi connectivity index (χ0) is 18.2. The van der Waals surface area contributed by atoms with Crippen molar-refractivity contribution in [1.82, 2.24) is 10.3 Å². The first-order chi connectivity index (χ1) is 12.0. The van der Waals surface area contributed by atoms with Gasteiger partial charge in [-0.05, 0) is 43.5 Å². The summed E-state index contributed by atoms with van der Waals surface area (Å²) in [6, 6.07) is 8.84. The Morgan fingerprint density at radius 1 is 1.20 bits per heavy atom. The molecule has 0 spiro atoms. The number of nitro groups is 1. The van der Waals surface area contributed by atoms with Gasteiger partial charge in [-0.1, -0.05) is 12.1 Å². The van der Waals surface area contributed by atoms with Crippen LogP contribution in [0.4, 0.5) is 11.4 Å². The lowest BCUT2D eigenvalue weighted by Gasteiger charge is -2.09. The van der Waals surface area contributed by atoms with Crippen molar-refractivity contribution >= 4 is 17.3 Å². The van der Waals surface area contributed by atoms with Crippen LogP contribution in [0, 0.1) is 24.0 Å². The summed E-state index contributed by atoms with van der Waals surface area (Å²) in [6.45, 7) is 4.76. The molecular formula is C18H22N4O3. The standard InChI is InChI=1S/C18H22N4O3/c1-13-4-7-16(17(10-13)22(24)25)19-8-3-9-20-18(23)11-15-6-5-14(2)21-12-15/h4-7,10,12,19H,3,8-9,11H2,1-2H3,(H,20,23). The molecule has 7 heteroatoms. The van der Waals surface area contributed by atoms with Gasteiger partial charge in [0.25, 0.3) is 5.69 Å². The van der Waals surface area contributed by atoms with E-state index in [0.717, 1.165) is 16.8 Å². The van der Waals surface area contributed by atoms with Gasteiger partial charge in [-0.15, -0.1) is 0 Å². The van der Waals surface area contributed by atoms with Gasteiger partial charge in [-0.25, -0.2) is 0 Å². The number of aryl methyl sites for hydroxylation is 2. The van der Waals surface area contributed by atoms with Gasteiger partial charge in [0.1, 0.15) is 5.69 Å². The monoisotopic (exact) mass is 342 g/mol. The summed E-state index contributed by atoms with van der Waals surface area (Å²) in [6.07, 6.45) is 2.67. The van der Waals surface area contributed by atoms with E-state index in [-0.39, 0.29) is 11.6 Å². The number of nitro benzene ring substituents is 1. The lowest BCUT2D eigenvalue weighted by atomic mass is 10.2. The molecule has 1 aromatic heterocycles. The Bertz CT molecular complexity index is 744. The smallest absolute Gasteiger partial charge is 0.292 e. The van der Waals surface area contributed by atoms with Crippen molar-refractivity contribution in [2.75, 3.05) is 18.4 Å². The van der Waals surface area contributed by atoms with Crippen molar-refractivity contribution in [3.8, 4) is 0 Å². The number of carbonyl (C=O) groups excluding carboxylic acids is 1. The highest BCUT2D eigenvalue weighted by Crippen LogP contribution is 2.25. The highest BCUT2D eigenvalue weighted by atomic mass is 16.6. The molecular weight excluding hydrogens is 320 g/mol. The second kappa shape index (κ2) is 8.77. The van der Waals surface area contributed by atoms with Crippen LogP contribution in [-0.4, -0.2) is 28.9 Å². The first-order valence-electron chi connectivity index (χ1n) is 8.13. The number of rotatable bonds is 8. The van der Waals surface area contributed by atoms with E-state index in [1.165, 1.54) is 0 Å². The number of nitrogens with zero attached hydrogens (tertiary/aromatic N) is 2. The molecule has 2 N–H and O–H groups in total. The Morgan fingerprint density at radius 2 is 2.00 bits per heavy atom. The maximum atomic E-state index is 11.9. The van der Waals surface area contributed by atoms with Crippen molar-refractivity contribution < 1.29 is 9.72 Å². The molecule has 2 rings (SSSR count). The number of hydrogen-bond acceptors (Lipinski definition) is 5. The number of hydrogen-bond donors (Lipinski definition) is 2. The van der Waals surface area contributed by atoms with E-state index >= 15 is 0 Å². The third-order valence-electron chi connectivity index (χ3n) is 3.68. The fourth-order valence-corrected chi connectivity index (χ4v) is 2.33. The number of carbonyl (C=O) groups is 1. The number of amides is 1. The van der Waals surface area contributed by atoms with Crippen molar-refractivity contribution in [3.05, 3.63) is 63.5 Å². The molecule has 2 aromatic rings. The van der Waals surface area contributed by atoms with Crippen molar-refractivity contribution in [1.29, 1.82) is 0 Å². The summed E-state index contributed by atoms with van der Waals surface area (Å²) in [4.78, 5) is 26.7. The molecule has 0 radical (unpaired) electrons. The summed E-state index contributed by atoms with van der Waals surface area (Å²) in [5, 5.41) is 16.9. The fourth-order valence-electron chi connectivity index (χ4n) is 2.33. The largest absolute Gasteiger partial charge is 0.379 e. The molecule has 0 aliphatic heterocycles. The third kappa shape index (κ3) is 5.87. The molecule has 1 heterocycles. The van der Waals surface area contributed by atoms with Gasteiger partial charge in [0.05, 0.1) is 11.3 Å². The first kappa shape index (κ1) is 18.4. The summed E-state index contributed by atoms with van der Waals surface area (Å²) in [5.74, 6) is -0.0630. The number of anilines is 1. The van der Waals surface area contributed by atoms with E-state index in [0.29, 0.717) is 31.6 Å². The van der Waals surface area contributed by atoms with E-state index in [4.69, 9.17) is 0 Å². The Labute approximate surface area is 146 Å². The van der Waals surface area contributed by atoms with Gasteiger partial charge >= 0.3 is 0 Å². The summed E-state index contributed by atoms with van der Waals surface area (Å²) < 4.78 is 0. The summed E-state index contributed by atoms with van der Waals surface area (Å²) >= 11 is 0. The molecule has 0 aliphatic rings. The molecule has 0 fully saturated rings. The van der Waals surface area contributed by atoms with Gasteiger partial charge < -0.3 is 10.6 Å². The van der Waals surface area contributed by atoms with Crippen molar-refractivity contribution in [3.63, 3.8) is 0 Å². The molecule has 0 unspecified atom stereocenters. The lowest BCUT2D eigenvalue weighted by Crippen LogP contribution is -2.27. The van der Waals surface area contributed by atoms with Crippen LogP contribution in [-0.2, 0) is 11.2 Å². The van der Waals surface area contributed by atoms with Gasteiger partial charge in [-0.2, -0.15) is 0 Å². The lowest BCUT2D eigenvalue weighted by molar-refractivity contribution is -0.384. The number of nitrogens with one attached hydrogen (secondary N) is 2. The molecule has 25 heavy (non-hydrogen) atoms. The summed E-state index contributed by atoms with van der Waals surface area (Å²) in [5.41, 5.74) is 3.19. The molecule has 1 amide bonds. The second-order valence-electron chi connectivity index (χ2n) is 5.89. The van der Waals surface area contributed by atoms with Crippen molar-refractivity contribution in [2.45, 2.75) is 26.7 Å². The highest BCUT2D eigenvalue weighted by molar-refractivity contribution is 5.78. The molecule has 7 nitrogen and oxygen atoms in total. The number of pyridine rings is 1. The molecule has 0 bridgehead atoms. The van der Waals surface area contributed by atoms with E-state index in [9.17, 15) is 14.9 Å². The van der Waals surface area contributed by atoms with Crippen LogP contribution < -0.4 is 10.6 Å². The first-order valence-corrected chi connectivity index (χ1v) is 8.13. The maximum Gasteiger partial charge on any atom is 0.292 e. The topological polar surface area (TPSA) is 97.2 Å². The van der Waals surface area contributed by atoms with Gasteiger partial charge in [-0.3, -0.25) is 19.9 Å². The van der Waals surface area contributed by atoms with Crippen LogP contribution in [0.5, 0.6) is 0 Å². The minimum atomic E-state index is -0.396. The Hall–Kier alpha value is -2.96. The Balaban J connectivity index is 1.72. The zero-order valence-electron chi connectivity index (χ0n) is 14.4. The van der Waals surface area contributed by atoms with Crippen LogP contribution >= 0.6 is 0 Å². The average Bonchev–Trinajstić information content (AvgIpc) is 2.57. The van der Waals surface area contributed by atoms with E-state index < -0.39 is 4.92 Å². The molecule has 0 saturated carbocycles. The molecule has 132 valence electrons. The molecule has 0 aliphatic carbocycles. The van der Waals surface area contributed by atoms with Gasteiger partial charge in [0, 0.05) is 31.0 Å². The normalized spacial score (nSPS) is 10.3. The average molecular weight is 342 g/mol. The van der Waals surface area contributed by atoms with Crippen LogP contribution in [0.1, 0.15) is 23.2 Å². The van der Waals surface area contributed by atoms with E-state index in [1.807, 2.05) is 32.0 Å². The second-order valence-corrected chi connectivity index (χ2v) is 5.89. The predicted octanol–water partition coefficient (Wildman–Crippen LogP) is 2.77. The minimum absolute atomic E-state index is 0.0630. The fraction of sp³-hybridized carbons (Fsp3) is 0.333. The molecule has 1 aromatic carbocycles. The maximum absolute atomic E-state index is 11.9. The predicted molar refractivity (Wildman–Crippen MR) is 96.6 cm³/mol. The number of benzene rings is 1. The van der Waals surface area contributed by atoms with Gasteiger partial charge in [0.2, 0.25) is 5.91 Å². The SMILES string of the molecule is Cc1ccc(NCCCNC(=O)Cc2ccc(C)nc2)c([N+](=O)[O-])c1. The Morgan fingerprint density at radius 3 is 2.68 bits per heavy atom. The Kier molecular flexibility index (Phi) is 6.45. The number of aromatic nitrogens is 1. The highest BCUT2D eigenvalue weighted by Gasteiger charge is 2.12. The van der Waals surface area contributed by atoms with Crippen LogP contribution in [0.15, 0.2) is 36.5 Å². The van der Waals surface area contributed by atoms with E-state index in [2.05, 4.69) is 15.6 Å². The van der Waals surface area contributed by atoms with Crippen molar-refractivity contribution in [2.24, 2.45) is 0 Å². The van der Waals surface area contributed by atoms with Crippen LogP contribution in [0.3, 0.4) is 0 Å². The van der Waals surface area contributed by atoms with E-state index in [1.54, 1.807) is 18.3 Å².